The molecule has 108 valence electrons. The van der Waals surface area contributed by atoms with Gasteiger partial charge in [0, 0.05) is 23.1 Å². The third-order valence-corrected chi connectivity index (χ3v) is 4.27. The van der Waals surface area contributed by atoms with Gasteiger partial charge in [-0.2, -0.15) is 0 Å². The SMILES string of the molecule is CC(C)CS(=O)CC(O)COc1cccc(CN)c1. The molecule has 5 heteroatoms. The van der Waals surface area contributed by atoms with Crippen molar-refractivity contribution in [2.45, 2.75) is 26.5 Å². The fraction of sp³-hybridized carbons (Fsp3) is 0.571. The van der Waals surface area contributed by atoms with Gasteiger partial charge in [-0.3, -0.25) is 4.21 Å². The first-order chi connectivity index (χ1) is 9.01. The third kappa shape index (κ3) is 6.71. The van der Waals surface area contributed by atoms with E-state index >= 15 is 0 Å². The highest BCUT2D eigenvalue weighted by Crippen LogP contribution is 2.13. The van der Waals surface area contributed by atoms with Gasteiger partial charge in [0.25, 0.3) is 0 Å². The zero-order valence-corrected chi connectivity index (χ0v) is 12.4. The van der Waals surface area contributed by atoms with Gasteiger partial charge in [-0.15, -0.1) is 0 Å². The molecule has 0 aromatic heterocycles. The predicted molar refractivity (Wildman–Crippen MR) is 78.5 cm³/mol. The van der Waals surface area contributed by atoms with Crippen LogP contribution in [0.2, 0.25) is 0 Å². The molecule has 2 unspecified atom stereocenters. The zero-order chi connectivity index (χ0) is 14.3. The molecule has 19 heavy (non-hydrogen) atoms. The van der Waals surface area contributed by atoms with Gasteiger partial charge in [-0.25, -0.2) is 0 Å². The Kier molecular flexibility index (Phi) is 7.05. The van der Waals surface area contributed by atoms with E-state index in [2.05, 4.69) is 0 Å². The number of rotatable bonds is 8. The second-order valence-electron chi connectivity index (χ2n) is 4.98. The van der Waals surface area contributed by atoms with Gasteiger partial charge in [-0.05, 0) is 23.6 Å². The summed E-state index contributed by atoms with van der Waals surface area (Å²) in [6.45, 7) is 4.63. The summed E-state index contributed by atoms with van der Waals surface area (Å²) >= 11 is 0. The molecule has 0 saturated heterocycles. The summed E-state index contributed by atoms with van der Waals surface area (Å²) in [5.41, 5.74) is 6.52. The fourth-order valence-corrected chi connectivity index (χ4v) is 3.06. The maximum Gasteiger partial charge on any atom is 0.119 e. The van der Waals surface area contributed by atoms with Crippen LogP contribution < -0.4 is 10.5 Å². The molecule has 0 aliphatic heterocycles. The Hall–Kier alpha value is -0.910. The number of hydrogen-bond donors (Lipinski definition) is 2. The summed E-state index contributed by atoms with van der Waals surface area (Å²) in [6.07, 6.45) is -0.707. The second-order valence-corrected chi connectivity index (χ2v) is 6.53. The Morgan fingerprint density at radius 2 is 2.11 bits per heavy atom. The summed E-state index contributed by atoms with van der Waals surface area (Å²) < 4.78 is 17.1. The maximum absolute atomic E-state index is 11.7. The lowest BCUT2D eigenvalue weighted by Gasteiger charge is -2.13. The minimum atomic E-state index is -0.994. The second kappa shape index (κ2) is 8.30. The molecule has 0 fully saturated rings. The van der Waals surface area contributed by atoms with Crippen LogP contribution in [-0.4, -0.2) is 33.5 Å². The smallest absolute Gasteiger partial charge is 0.119 e. The summed E-state index contributed by atoms with van der Waals surface area (Å²) in [5.74, 6) is 1.92. The van der Waals surface area contributed by atoms with Crippen molar-refractivity contribution in [3.05, 3.63) is 29.8 Å². The lowest BCUT2D eigenvalue weighted by Crippen LogP contribution is -2.26. The van der Waals surface area contributed by atoms with E-state index in [9.17, 15) is 9.32 Å². The molecule has 0 aliphatic carbocycles. The lowest BCUT2D eigenvalue weighted by molar-refractivity contribution is 0.125. The van der Waals surface area contributed by atoms with Crippen molar-refractivity contribution in [2.24, 2.45) is 11.7 Å². The van der Waals surface area contributed by atoms with Crippen molar-refractivity contribution < 1.29 is 14.1 Å². The van der Waals surface area contributed by atoms with E-state index in [0.717, 1.165) is 5.56 Å². The number of nitrogens with two attached hydrogens (primary N) is 1. The highest BCUT2D eigenvalue weighted by molar-refractivity contribution is 7.85. The molecule has 0 heterocycles. The summed E-state index contributed by atoms with van der Waals surface area (Å²) in [4.78, 5) is 0. The Labute approximate surface area is 117 Å². The molecule has 1 aromatic carbocycles. The fourth-order valence-electron chi connectivity index (χ4n) is 1.66. The minimum Gasteiger partial charge on any atom is -0.491 e. The lowest BCUT2D eigenvalue weighted by atomic mass is 10.2. The molecule has 2 atom stereocenters. The van der Waals surface area contributed by atoms with Crippen LogP contribution in [0.3, 0.4) is 0 Å². The molecule has 0 saturated carbocycles. The molecule has 1 rings (SSSR count). The summed E-state index contributed by atoms with van der Waals surface area (Å²) in [7, 11) is -0.994. The molecular weight excluding hydrogens is 262 g/mol. The standard InChI is InChI=1S/C14H23NO3S/c1-11(2)9-19(17)10-13(16)8-18-14-5-3-4-12(6-14)7-15/h3-6,11,13,16H,7-10,15H2,1-2H3. The third-order valence-electron chi connectivity index (χ3n) is 2.47. The van der Waals surface area contributed by atoms with E-state index in [1.54, 1.807) is 0 Å². The Bertz CT molecular complexity index is 409. The highest BCUT2D eigenvalue weighted by atomic mass is 32.2. The average Bonchev–Trinajstić information content (AvgIpc) is 2.35. The van der Waals surface area contributed by atoms with E-state index in [0.29, 0.717) is 24.0 Å². The van der Waals surface area contributed by atoms with Crippen molar-refractivity contribution in [2.75, 3.05) is 18.1 Å². The number of ether oxygens (including phenoxy) is 1. The normalized spacial score (nSPS) is 14.4. The van der Waals surface area contributed by atoms with Gasteiger partial charge in [0.15, 0.2) is 0 Å². The molecule has 0 bridgehead atoms. The number of aliphatic hydroxyl groups excluding tert-OH is 1. The molecule has 1 aromatic rings. The number of hydrogen-bond acceptors (Lipinski definition) is 4. The van der Waals surface area contributed by atoms with Gasteiger partial charge in [0.1, 0.15) is 12.4 Å². The van der Waals surface area contributed by atoms with Crippen LogP contribution in [0.25, 0.3) is 0 Å². The minimum absolute atomic E-state index is 0.151. The molecular formula is C14H23NO3S. The predicted octanol–water partition coefficient (Wildman–Crippen LogP) is 1.29. The summed E-state index contributed by atoms with van der Waals surface area (Å²) in [6, 6.07) is 7.44. The molecule has 0 radical (unpaired) electrons. The molecule has 3 N–H and O–H groups in total. The molecule has 0 spiro atoms. The topological polar surface area (TPSA) is 72.5 Å². The van der Waals surface area contributed by atoms with Crippen molar-refractivity contribution in [1.82, 2.24) is 0 Å². The van der Waals surface area contributed by atoms with Gasteiger partial charge >= 0.3 is 0 Å². The van der Waals surface area contributed by atoms with Crippen LogP contribution in [0.1, 0.15) is 19.4 Å². The van der Waals surface area contributed by atoms with Crippen molar-refractivity contribution in [3.8, 4) is 5.75 Å². The van der Waals surface area contributed by atoms with Crippen LogP contribution in [-0.2, 0) is 17.3 Å². The molecule has 0 amide bonds. The first-order valence-corrected chi connectivity index (χ1v) is 7.95. The van der Waals surface area contributed by atoms with Crippen LogP contribution in [0, 0.1) is 5.92 Å². The van der Waals surface area contributed by atoms with Crippen LogP contribution in [0.15, 0.2) is 24.3 Å². The van der Waals surface area contributed by atoms with E-state index in [1.807, 2.05) is 38.1 Å². The quantitative estimate of drug-likeness (QED) is 0.755. The van der Waals surface area contributed by atoms with Crippen molar-refractivity contribution in [3.63, 3.8) is 0 Å². The average molecular weight is 285 g/mol. The Morgan fingerprint density at radius 3 is 2.74 bits per heavy atom. The maximum atomic E-state index is 11.7. The van der Waals surface area contributed by atoms with Gasteiger partial charge in [0.05, 0.1) is 11.9 Å². The first kappa shape index (κ1) is 16.1. The van der Waals surface area contributed by atoms with Gasteiger partial charge in [0.2, 0.25) is 0 Å². The van der Waals surface area contributed by atoms with E-state index in [-0.39, 0.29) is 12.4 Å². The highest BCUT2D eigenvalue weighted by Gasteiger charge is 2.11. The molecule has 0 aliphatic rings. The van der Waals surface area contributed by atoms with Crippen molar-refractivity contribution >= 4 is 10.8 Å². The number of aliphatic hydroxyl groups is 1. The Morgan fingerprint density at radius 1 is 1.37 bits per heavy atom. The van der Waals surface area contributed by atoms with Crippen molar-refractivity contribution in [1.29, 1.82) is 0 Å². The zero-order valence-electron chi connectivity index (χ0n) is 11.5. The Balaban J connectivity index is 2.37. The van der Waals surface area contributed by atoms with Gasteiger partial charge < -0.3 is 15.6 Å². The van der Waals surface area contributed by atoms with E-state index < -0.39 is 16.9 Å². The summed E-state index contributed by atoms with van der Waals surface area (Å²) in [5, 5.41) is 9.78. The first-order valence-electron chi connectivity index (χ1n) is 6.46. The number of benzene rings is 1. The molecule has 4 nitrogen and oxygen atoms in total. The van der Waals surface area contributed by atoms with Crippen LogP contribution >= 0.6 is 0 Å². The van der Waals surface area contributed by atoms with Crippen LogP contribution in [0.4, 0.5) is 0 Å². The van der Waals surface area contributed by atoms with E-state index in [4.69, 9.17) is 10.5 Å². The van der Waals surface area contributed by atoms with E-state index in [1.165, 1.54) is 0 Å². The monoisotopic (exact) mass is 285 g/mol. The largest absolute Gasteiger partial charge is 0.491 e. The van der Waals surface area contributed by atoms with Gasteiger partial charge in [-0.1, -0.05) is 26.0 Å². The van der Waals surface area contributed by atoms with Crippen LogP contribution in [0.5, 0.6) is 5.75 Å².